The Morgan fingerprint density at radius 3 is 1.43 bits per heavy atom. The predicted molar refractivity (Wildman–Crippen MR) is 119 cm³/mol. The second-order valence-electron chi connectivity index (χ2n) is 9.35. The van der Waals surface area contributed by atoms with E-state index in [9.17, 15) is 0 Å². The Balaban J connectivity index is 1.31. The van der Waals surface area contributed by atoms with Gasteiger partial charge in [0.05, 0.1) is 0 Å². The minimum Gasteiger partial charge on any atom is -0.330 e. The van der Waals surface area contributed by atoms with Crippen LogP contribution in [0.4, 0.5) is 0 Å². The average molecular weight is 387 g/mol. The van der Waals surface area contributed by atoms with E-state index < -0.39 is 0 Å². The summed E-state index contributed by atoms with van der Waals surface area (Å²) < 4.78 is 0. The number of nitrogens with two attached hydrogens (primary N) is 2. The molecule has 1 aromatic carbocycles. The van der Waals surface area contributed by atoms with Crippen molar-refractivity contribution in [2.45, 2.75) is 64.5 Å². The maximum absolute atomic E-state index is 5.86. The lowest BCUT2D eigenvalue weighted by Crippen LogP contribution is -2.29. The van der Waals surface area contributed by atoms with Crippen molar-refractivity contribution in [3.63, 3.8) is 0 Å². The summed E-state index contributed by atoms with van der Waals surface area (Å²) in [6.07, 6.45) is 10.7. The van der Waals surface area contributed by atoms with Crippen LogP contribution in [0, 0.1) is 23.7 Å². The van der Waals surface area contributed by atoms with Gasteiger partial charge >= 0.3 is 0 Å². The van der Waals surface area contributed by atoms with Gasteiger partial charge in [0.2, 0.25) is 0 Å². The molecule has 0 aliphatic heterocycles. The molecule has 0 bridgehead atoms. The van der Waals surface area contributed by atoms with E-state index in [4.69, 9.17) is 11.5 Å². The van der Waals surface area contributed by atoms with Crippen LogP contribution in [0.1, 0.15) is 62.5 Å². The van der Waals surface area contributed by atoms with Gasteiger partial charge < -0.3 is 22.1 Å². The van der Waals surface area contributed by atoms with Gasteiger partial charge in [0.25, 0.3) is 0 Å². The standard InChI is InChI=1S/C24H42N4/c25-13-21-3-1-5-23(11-21)17-27-15-19-7-9-20(10-8-19)16-28-18-24-6-2-4-22(12-24)14-26/h7-10,21-24,27-28H,1-6,11-18,25-26H2. The molecular weight excluding hydrogens is 344 g/mol. The Kier molecular flexibility index (Phi) is 9.26. The zero-order chi connectivity index (χ0) is 19.6. The van der Waals surface area contributed by atoms with E-state index in [1.54, 1.807) is 0 Å². The Labute approximate surface area is 172 Å². The monoisotopic (exact) mass is 386 g/mol. The number of benzene rings is 1. The van der Waals surface area contributed by atoms with Crippen molar-refractivity contribution in [1.82, 2.24) is 10.6 Å². The zero-order valence-corrected chi connectivity index (χ0v) is 17.7. The van der Waals surface area contributed by atoms with Gasteiger partial charge in [-0.15, -0.1) is 0 Å². The smallest absolute Gasteiger partial charge is 0.0205 e. The van der Waals surface area contributed by atoms with Crippen molar-refractivity contribution >= 4 is 0 Å². The number of nitrogens with one attached hydrogen (secondary N) is 2. The Hall–Kier alpha value is -0.940. The molecular formula is C24H42N4. The molecule has 0 saturated heterocycles. The van der Waals surface area contributed by atoms with Crippen molar-refractivity contribution in [2.24, 2.45) is 35.1 Å². The van der Waals surface area contributed by atoms with Crippen LogP contribution in [-0.2, 0) is 13.1 Å². The largest absolute Gasteiger partial charge is 0.330 e. The molecule has 2 saturated carbocycles. The van der Waals surface area contributed by atoms with Crippen LogP contribution in [0.15, 0.2) is 24.3 Å². The molecule has 0 spiro atoms. The maximum atomic E-state index is 5.86. The predicted octanol–water partition coefficient (Wildman–Crippen LogP) is 3.40. The van der Waals surface area contributed by atoms with Crippen molar-refractivity contribution in [1.29, 1.82) is 0 Å². The van der Waals surface area contributed by atoms with E-state index in [-0.39, 0.29) is 0 Å². The van der Waals surface area contributed by atoms with Gasteiger partial charge in [-0.3, -0.25) is 0 Å². The Morgan fingerprint density at radius 1 is 0.643 bits per heavy atom. The normalized spacial score (nSPS) is 28.4. The summed E-state index contributed by atoms with van der Waals surface area (Å²) in [6.45, 7) is 5.93. The van der Waals surface area contributed by atoms with Crippen LogP contribution in [0.5, 0.6) is 0 Å². The van der Waals surface area contributed by atoms with E-state index in [0.29, 0.717) is 0 Å². The molecule has 0 aromatic heterocycles. The fourth-order valence-electron chi connectivity index (χ4n) is 5.22. The molecule has 6 N–H and O–H groups in total. The van der Waals surface area contributed by atoms with Crippen LogP contribution in [0.25, 0.3) is 0 Å². The van der Waals surface area contributed by atoms with Gasteiger partial charge in [-0.1, -0.05) is 37.1 Å². The van der Waals surface area contributed by atoms with Crippen LogP contribution >= 0.6 is 0 Å². The summed E-state index contributed by atoms with van der Waals surface area (Å²) >= 11 is 0. The van der Waals surface area contributed by atoms with E-state index in [0.717, 1.165) is 62.9 Å². The highest BCUT2D eigenvalue weighted by Crippen LogP contribution is 2.28. The topological polar surface area (TPSA) is 76.1 Å². The average Bonchev–Trinajstić information content (AvgIpc) is 2.75. The number of hydrogen-bond donors (Lipinski definition) is 4. The van der Waals surface area contributed by atoms with E-state index >= 15 is 0 Å². The fourth-order valence-corrected chi connectivity index (χ4v) is 5.22. The molecule has 0 radical (unpaired) electrons. The molecule has 1 aromatic rings. The maximum Gasteiger partial charge on any atom is 0.0205 e. The third-order valence-electron chi connectivity index (χ3n) is 7.00. The van der Waals surface area contributed by atoms with Gasteiger partial charge in [-0.2, -0.15) is 0 Å². The lowest BCUT2D eigenvalue weighted by Gasteiger charge is -2.28. The molecule has 4 unspecified atom stereocenters. The molecule has 2 aliphatic rings. The second kappa shape index (κ2) is 11.9. The summed E-state index contributed by atoms with van der Waals surface area (Å²) in [4.78, 5) is 0. The van der Waals surface area contributed by atoms with E-state index in [1.807, 2.05) is 0 Å². The van der Waals surface area contributed by atoms with Crippen molar-refractivity contribution in [3.05, 3.63) is 35.4 Å². The molecule has 4 heteroatoms. The van der Waals surface area contributed by atoms with Crippen molar-refractivity contribution in [2.75, 3.05) is 26.2 Å². The SMILES string of the molecule is NCC1CCCC(CNCc2ccc(CNCC3CCCC(CN)C3)cc2)C1. The zero-order valence-electron chi connectivity index (χ0n) is 17.7. The molecule has 4 nitrogen and oxygen atoms in total. The van der Waals surface area contributed by atoms with Gasteiger partial charge in [0.1, 0.15) is 0 Å². The summed E-state index contributed by atoms with van der Waals surface area (Å²) in [6, 6.07) is 9.11. The number of hydrogen-bond acceptors (Lipinski definition) is 4. The highest BCUT2D eigenvalue weighted by molar-refractivity contribution is 5.22. The first-order chi connectivity index (χ1) is 13.8. The fraction of sp³-hybridized carbons (Fsp3) is 0.750. The first kappa shape index (κ1) is 21.8. The third-order valence-corrected chi connectivity index (χ3v) is 7.00. The van der Waals surface area contributed by atoms with Crippen LogP contribution < -0.4 is 22.1 Å². The van der Waals surface area contributed by atoms with Gasteiger partial charge in [-0.05, 0) is 99.5 Å². The lowest BCUT2D eigenvalue weighted by molar-refractivity contribution is 0.264. The molecule has 4 atom stereocenters. The van der Waals surface area contributed by atoms with Crippen LogP contribution in [-0.4, -0.2) is 26.2 Å². The van der Waals surface area contributed by atoms with Gasteiger partial charge in [-0.25, -0.2) is 0 Å². The summed E-state index contributed by atoms with van der Waals surface area (Å²) in [7, 11) is 0. The molecule has 28 heavy (non-hydrogen) atoms. The first-order valence-corrected chi connectivity index (χ1v) is 11.7. The minimum absolute atomic E-state index is 0.752. The molecule has 0 heterocycles. The Morgan fingerprint density at radius 2 is 1.04 bits per heavy atom. The summed E-state index contributed by atoms with van der Waals surface area (Å²) in [5.74, 6) is 3.12. The lowest BCUT2D eigenvalue weighted by atomic mass is 9.81. The molecule has 0 amide bonds. The second-order valence-corrected chi connectivity index (χ2v) is 9.35. The van der Waals surface area contributed by atoms with Crippen molar-refractivity contribution in [3.8, 4) is 0 Å². The number of rotatable bonds is 10. The van der Waals surface area contributed by atoms with E-state index in [1.165, 1.54) is 62.5 Å². The van der Waals surface area contributed by atoms with Gasteiger partial charge in [0, 0.05) is 13.1 Å². The van der Waals surface area contributed by atoms with Crippen LogP contribution in [0.3, 0.4) is 0 Å². The van der Waals surface area contributed by atoms with E-state index in [2.05, 4.69) is 34.9 Å². The molecule has 2 fully saturated rings. The highest BCUT2D eigenvalue weighted by Gasteiger charge is 2.21. The van der Waals surface area contributed by atoms with Crippen LogP contribution in [0.2, 0.25) is 0 Å². The highest BCUT2D eigenvalue weighted by atomic mass is 14.9. The van der Waals surface area contributed by atoms with Gasteiger partial charge in [0.15, 0.2) is 0 Å². The van der Waals surface area contributed by atoms with Crippen molar-refractivity contribution < 1.29 is 0 Å². The minimum atomic E-state index is 0.752. The molecule has 158 valence electrons. The summed E-state index contributed by atoms with van der Waals surface area (Å²) in [5.41, 5.74) is 14.5. The molecule has 2 aliphatic carbocycles. The molecule has 3 rings (SSSR count). The Bertz CT molecular complexity index is 495. The summed E-state index contributed by atoms with van der Waals surface area (Å²) in [5, 5.41) is 7.33. The first-order valence-electron chi connectivity index (χ1n) is 11.7. The quantitative estimate of drug-likeness (QED) is 0.497. The third kappa shape index (κ3) is 7.14.